The topological polar surface area (TPSA) is 126 Å². The maximum atomic E-state index is 12.7. The number of hydrogen-bond donors (Lipinski definition) is 3. The first-order valence-corrected chi connectivity index (χ1v) is 11.9. The first-order chi connectivity index (χ1) is 15.2. The van der Waals surface area contributed by atoms with E-state index in [1.807, 2.05) is 0 Å². The second-order valence-electron chi connectivity index (χ2n) is 6.96. The van der Waals surface area contributed by atoms with Crippen LogP contribution in [0, 0.1) is 0 Å². The number of hydrogen-bond acceptors (Lipinski definition) is 7. The zero-order chi connectivity index (χ0) is 23.3. The van der Waals surface area contributed by atoms with Gasteiger partial charge in [0.15, 0.2) is 5.13 Å². The van der Waals surface area contributed by atoms with Gasteiger partial charge in [0.1, 0.15) is 10.6 Å². The predicted octanol–water partition coefficient (Wildman–Crippen LogP) is 3.34. The molecular formula is C21H22N4O5S2. The summed E-state index contributed by atoms with van der Waals surface area (Å²) in [7, 11) is -2.51. The van der Waals surface area contributed by atoms with Crippen LogP contribution >= 0.6 is 11.3 Å². The van der Waals surface area contributed by atoms with Crippen molar-refractivity contribution >= 4 is 44.0 Å². The van der Waals surface area contributed by atoms with Gasteiger partial charge >= 0.3 is 0 Å². The minimum Gasteiger partial charge on any atom is -0.495 e. The third-order valence-corrected chi connectivity index (χ3v) is 6.53. The molecule has 0 saturated heterocycles. The molecule has 0 fully saturated rings. The van der Waals surface area contributed by atoms with Crippen molar-refractivity contribution in [3.8, 4) is 5.75 Å². The molecule has 0 aliphatic heterocycles. The fourth-order valence-corrected chi connectivity index (χ4v) is 4.73. The third kappa shape index (κ3) is 5.69. The molecule has 2 amide bonds. The van der Waals surface area contributed by atoms with Crippen molar-refractivity contribution in [2.24, 2.45) is 0 Å². The van der Waals surface area contributed by atoms with E-state index in [2.05, 4.69) is 20.3 Å². The summed E-state index contributed by atoms with van der Waals surface area (Å²) in [5.41, 5.74) is 0.984. The number of rotatable bonds is 8. The summed E-state index contributed by atoms with van der Waals surface area (Å²) in [5.74, 6) is -0.695. The Morgan fingerprint density at radius 1 is 1.00 bits per heavy atom. The van der Waals surface area contributed by atoms with E-state index >= 15 is 0 Å². The first-order valence-electron chi connectivity index (χ1n) is 9.52. The Morgan fingerprint density at radius 3 is 2.25 bits per heavy atom. The van der Waals surface area contributed by atoms with Crippen molar-refractivity contribution in [1.29, 1.82) is 0 Å². The van der Waals surface area contributed by atoms with Crippen LogP contribution in [-0.4, -0.2) is 38.4 Å². The van der Waals surface area contributed by atoms with Gasteiger partial charge in [0.25, 0.3) is 11.8 Å². The Bertz CT molecular complexity index is 1210. The molecule has 0 aliphatic rings. The number of carbonyl (C=O) groups is 2. The normalized spacial score (nSPS) is 11.2. The number of amides is 2. The lowest BCUT2D eigenvalue weighted by Crippen LogP contribution is -2.30. The number of benzene rings is 2. The first kappa shape index (κ1) is 23.4. The number of carbonyl (C=O) groups excluding carboxylic acids is 2. The zero-order valence-electron chi connectivity index (χ0n) is 17.6. The van der Waals surface area contributed by atoms with Gasteiger partial charge in [-0.1, -0.05) is 0 Å². The van der Waals surface area contributed by atoms with E-state index < -0.39 is 15.9 Å². The van der Waals surface area contributed by atoms with Crippen LogP contribution in [0.2, 0.25) is 0 Å². The number of ether oxygens (including phenoxy) is 1. The third-order valence-electron chi connectivity index (χ3n) is 4.16. The summed E-state index contributed by atoms with van der Waals surface area (Å²) in [6.45, 7) is 3.39. The Kier molecular flexibility index (Phi) is 7.23. The molecular weight excluding hydrogens is 452 g/mol. The standard InChI is InChI=1S/C21H22N4O5S2/c1-13(2)25-32(28,29)18-12-15(6-9-17(18)30-3)20(27)23-16-7-4-14(5-8-16)19(26)24-21-22-10-11-31-21/h4-13,25H,1-3H3,(H,23,27)(H,22,24,26). The van der Waals surface area contributed by atoms with E-state index in [4.69, 9.17) is 4.74 Å². The summed E-state index contributed by atoms with van der Waals surface area (Å²) in [4.78, 5) is 28.8. The summed E-state index contributed by atoms with van der Waals surface area (Å²) in [6, 6.07) is 10.1. The lowest BCUT2D eigenvalue weighted by atomic mass is 10.1. The van der Waals surface area contributed by atoms with Gasteiger partial charge in [-0.25, -0.2) is 18.1 Å². The van der Waals surface area contributed by atoms with Crippen molar-refractivity contribution in [3.63, 3.8) is 0 Å². The molecule has 0 radical (unpaired) electrons. The Morgan fingerprint density at radius 2 is 1.66 bits per heavy atom. The average molecular weight is 475 g/mol. The summed E-state index contributed by atoms with van der Waals surface area (Å²) in [5, 5.41) is 7.61. The van der Waals surface area contributed by atoms with Crippen LogP contribution in [-0.2, 0) is 10.0 Å². The predicted molar refractivity (Wildman–Crippen MR) is 123 cm³/mol. The molecule has 32 heavy (non-hydrogen) atoms. The maximum absolute atomic E-state index is 12.7. The molecule has 11 heteroatoms. The van der Waals surface area contributed by atoms with Crippen molar-refractivity contribution in [1.82, 2.24) is 9.71 Å². The van der Waals surface area contributed by atoms with Gasteiger partial charge in [-0.3, -0.25) is 14.9 Å². The van der Waals surface area contributed by atoms with E-state index in [0.717, 1.165) is 0 Å². The van der Waals surface area contributed by atoms with E-state index in [9.17, 15) is 18.0 Å². The summed E-state index contributed by atoms with van der Waals surface area (Å²) in [6.07, 6.45) is 1.59. The van der Waals surface area contributed by atoms with E-state index in [-0.39, 0.29) is 28.2 Å². The van der Waals surface area contributed by atoms with Gasteiger partial charge in [-0.2, -0.15) is 0 Å². The molecule has 2 aromatic carbocycles. The lowest BCUT2D eigenvalue weighted by Gasteiger charge is -2.14. The fraction of sp³-hybridized carbons (Fsp3) is 0.190. The number of nitrogens with one attached hydrogen (secondary N) is 3. The quantitative estimate of drug-likeness (QED) is 0.460. The minimum absolute atomic E-state index is 0.129. The molecule has 0 spiro atoms. The molecule has 0 atom stereocenters. The van der Waals surface area contributed by atoms with Crippen LogP contribution < -0.4 is 20.1 Å². The molecule has 3 aromatic rings. The van der Waals surface area contributed by atoms with Crippen molar-refractivity contribution < 1.29 is 22.7 Å². The number of methoxy groups -OCH3 is 1. The van der Waals surface area contributed by atoms with E-state index in [0.29, 0.717) is 16.4 Å². The Labute approximate surface area is 189 Å². The molecule has 1 heterocycles. The molecule has 168 valence electrons. The number of nitrogens with zero attached hydrogens (tertiary/aromatic N) is 1. The molecule has 0 saturated carbocycles. The van der Waals surface area contributed by atoms with Crippen molar-refractivity contribution in [2.75, 3.05) is 17.7 Å². The van der Waals surface area contributed by atoms with E-state index in [1.54, 1.807) is 49.7 Å². The van der Waals surface area contributed by atoms with Gasteiger partial charge in [-0.05, 0) is 56.3 Å². The Balaban J connectivity index is 1.75. The molecule has 0 unspecified atom stereocenters. The molecule has 0 bridgehead atoms. The molecule has 3 N–H and O–H groups in total. The van der Waals surface area contributed by atoms with Gasteiger partial charge in [-0.15, -0.1) is 11.3 Å². The highest BCUT2D eigenvalue weighted by Crippen LogP contribution is 2.25. The van der Waals surface area contributed by atoms with Gasteiger partial charge in [0.05, 0.1) is 7.11 Å². The highest BCUT2D eigenvalue weighted by molar-refractivity contribution is 7.89. The molecule has 9 nitrogen and oxygen atoms in total. The smallest absolute Gasteiger partial charge is 0.257 e. The van der Waals surface area contributed by atoms with Crippen molar-refractivity contribution in [3.05, 3.63) is 65.2 Å². The van der Waals surface area contributed by atoms with Crippen LogP contribution in [0.1, 0.15) is 34.6 Å². The second kappa shape index (κ2) is 9.90. The maximum Gasteiger partial charge on any atom is 0.257 e. The van der Waals surface area contributed by atoms with Crippen LogP contribution in [0.5, 0.6) is 5.75 Å². The van der Waals surface area contributed by atoms with E-state index in [1.165, 1.54) is 36.6 Å². The van der Waals surface area contributed by atoms with Crippen LogP contribution in [0.15, 0.2) is 58.9 Å². The van der Waals surface area contributed by atoms with Crippen LogP contribution in [0.3, 0.4) is 0 Å². The SMILES string of the molecule is COc1ccc(C(=O)Nc2ccc(C(=O)Nc3nccs3)cc2)cc1S(=O)(=O)NC(C)C. The summed E-state index contributed by atoms with van der Waals surface area (Å²) >= 11 is 1.31. The second-order valence-corrected chi connectivity index (χ2v) is 9.54. The number of sulfonamides is 1. The molecule has 1 aromatic heterocycles. The number of anilines is 2. The van der Waals surface area contributed by atoms with Gasteiger partial charge in [0, 0.05) is 34.4 Å². The Hall–Kier alpha value is -3.28. The summed E-state index contributed by atoms with van der Waals surface area (Å²) < 4.78 is 32.8. The monoisotopic (exact) mass is 474 g/mol. The highest BCUT2D eigenvalue weighted by Gasteiger charge is 2.22. The molecule has 0 aliphatic carbocycles. The fourth-order valence-electron chi connectivity index (χ4n) is 2.76. The van der Waals surface area contributed by atoms with Crippen LogP contribution in [0.4, 0.5) is 10.8 Å². The van der Waals surface area contributed by atoms with Crippen molar-refractivity contribution in [2.45, 2.75) is 24.8 Å². The lowest BCUT2D eigenvalue weighted by molar-refractivity contribution is 0.101. The van der Waals surface area contributed by atoms with Gasteiger partial charge < -0.3 is 10.1 Å². The minimum atomic E-state index is -3.87. The van der Waals surface area contributed by atoms with Crippen LogP contribution in [0.25, 0.3) is 0 Å². The zero-order valence-corrected chi connectivity index (χ0v) is 19.2. The number of aromatic nitrogens is 1. The number of thiazole rings is 1. The molecule has 3 rings (SSSR count). The highest BCUT2D eigenvalue weighted by atomic mass is 32.2. The average Bonchev–Trinajstić information content (AvgIpc) is 3.25. The van der Waals surface area contributed by atoms with Gasteiger partial charge in [0.2, 0.25) is 10.0 Å². The largest absolute Gasteiger partial charge is 0.495 e.